The van der Waals surface area contributed by atoms with E-state index in [9.17, 15) is 8.42 Å². The molecule has 0 spiro atoms. The first-order valence-electron chi connectivity index (χ1n) is 7.74. The zero-order chi connectivity index (χ0) is 17.2. The fourth-order valence-corrected chi connectivity index (χ4v) is 5.42. The number of sulfone groups is 1. The molecule has 3 rings (SSSR count). The summed E-state index contributed by atoms with van der Waals surface area (Å²) in [6.07, 6.45) is 3.16. The molecule has 9 heteroatoms. The van der Waals surface area contributed by atoms with E-state index in [1.807, 2.05) is 31.2 Å². The van der Waals surface area contributed by atoms with E-state index in [2.05, 4.69) is 15.5 Å². The van der Waals surface area contributed by atoms with Gasteiger partial charge in [0.15, 0.2) is 0 Å². The fraction of sp³-hybridized carbons (Fsp3) is 0.533. The second-order valence-electron chi connectivity index (χ2n) is 6.13. The minimum absolute atomic E-state index is 0.130. The van der Waals surface area contributed by atoms with Crippen LogP contribution >= 0.6 is 11.8 Å². The zero-order valence-electron chi connectivity index (χ0n) is 13.7. The second-order valence-corrected chi connectivity index (χ2v) is 9.22. The van der Waals surface area contributed by atoms with Crippen molar-refractivity contribution < 1.29 is 13.2 Å². The van der Waals surface area contributed by atoms with Crippen molar-refractivity contribution in [3.8, 4) is 11.4 Å². The van der Waals surface area contributed by atoms with Gasteiger partial charge in [-0.1, -0.05) is 23.9 Å². The van der Waals surface area contributed by atoms with E-state index >= 15 is 0 Å². The van der Waals surface area contributed by atoms with E-state index in [0.29, 0.717) is 23.3 Å². The van der Waals surface area contributed by atoms with Crippen molar-refractivity contribution in [2.75, 3.05) is 24.4 Å². The topological polar surface area (TPSA) is 87.0 Å². The average molecular weight is 368 g/mol. The quantitative estimate of drug-likeness (QED) is 0.658. The van der Waals surface area contributed by atoms with Crippen LogP contribution in [0.15, 0.2) is 29.4 Å². The first-order valence-corrected chi connectivity index (χ1v) is 10.8. The van der Waals surface area contributed by atoms with Gasteiger partial charge in [-0.2, -0.15) is 4.68 Å². The van der Waals surface area contributed by atoms with Crippen LogP contribution < -0.4 is 4.74 Å². The van der Waals surface area contributed by atoms with Gasteiger partial charge >= 0.3 is 0 Å². The molecule has 1 heterocycles. The first-order chi connectivity index (χ1) is 11.4. The van der Waals surface area contributed by atoms with Crippen molar-refractivity contribution in [2.45, 2.75) is 24.9 Å². The monoisotopic (exact) mass is 368 g/mol. The van der Waals surface area contributed by atoms with Gasteiger partial charge in [0.25, 0.3) is 0 Å². The molecule has 1 fully saturated rings. The fourth-order valence-electron chi connectivity index (χ4n) is 2.61. The maximum absolute atomic E-state index is 11.6. The Kier molecular flexibility index (Phi) is 4.82. The number of benzene rings is 1. The Balaban J connectivity index is 1.77. The molecular formula is C15H20N4O3S2. The molecule has 0 N–H and O–H groups in total. The van der Waals surface area contributed by atoms with Crippen LogP contribution in [0, 0.1) is 5.41 Å². The highest BCUT2D eigenvalue weighted by molar-refractivity contribution is 7.99. The third kappa shape index (κ3) is 4.07. The van der Waals surface area contributed by atoms with Crippen molar-refractivity contribution in [1.29, 1.82) is 0 Å². The molecule has 0 saturated heterocycles. The Labute approximate surface area is 145 Å². The highest BCUT2D eigenvalue weighted by atomic mass is 32.2. The first kappa shape index (κ1) is 17.2. The van der Waals surface area contributed by atoms with Crippen molar-refractivity contribution in [2.24, 2.45) is 5.41 Å². The summed E-state index contributed by atoms with van der Waals surface area (Å²) in [6, 6.07) is 7.58. The molecule has 0 bridgehead atoms. The molecule has 0 amide bonds. The zero-order valence-corrected chi connectivity index (χ0v) is 15.3. The molecule has 1 aliphatic rings. The van der Waals surface area contributed by atoms with Crippen LogP contribution in [-0.2, 0) is 9.84 Å². The van der Waals surface area contributed by atoms with E-state index in [1.165, 1.54) is 18.0 Å². The Morgan fingerprint density at radius 3 is 2.75 bits per heavy atom. The second kappa shape index (κ2) is 6.72. The Morgan fingerprint density at radius 2 is 2.08 bits per heavy atom. The van der Waals surface area contributed by atoms with Crippen LogP contribution in [0.25, 0.3) is 5.69 Å². The van der Waals surface area contributed by atoms with E-state index in [0.717, 1.165) is 18.5 Å². The maximum Gasteiger partial charge on any atom is 0.214 e. The highest BCUT2D eigenvalue weighted by Gasteiger charge is 2.45. The van der Waals surface area contributed by atoms with E-state index in [4.69, 9.17) is 4.74 Å². The lowest BCUT2D eigenvalue weighted by molar-refractivity contribution is 0.337. The van der Waals surface area contributed by atoms with Gasteiger partial charge in [0.1, 0.15) is 21.3 Å². The lowest BCUT2D eigenvalue weighted by atomic mass is 10.2. The summed E-state index contributed by atoms with van der Waals surface area (Å²) < 4.78 is 30.4. The number of rotatable bonds is 8. The minimum Gasteiger partial charge on any atom is -0.492 e. The number of thioether (sulfide) groups is 1. The molecule has 2 aromatic rings. The predicted octanol–water partition coefficient (Wildman–Crippen LogP) is 1.98. The maximum atomic E-state index is 11.6. The molecule has 0 aliphatic heterocycles. The summed E-state index contributed by atoms with van der Waals surface area (Å²) in [7, 11) is -2.98. The van der Waals surface area contributed by atoms with E-state index in [1.54, 1.807) is 4.68 Å². The third-order valence-corrected chi connectivity index (χ3v) is 6.27. The molecule has 1 saturated carbocycles. The summed E-state index contributed by atoms with van der Waals surface area (Å²) in [6.45, 7) is 2.48. The van der Waals surface area contributed by atoms with Gasteiger partial charge in [0.2, 0.25) is 5.16 Å². The molecule has 1 aromatic carbocycles. The molecular weight excluding hydrogens is 348 g/mol. The Hall–Kier alpha value is -1.61. The molecule has 130 valence electrons. The van der Waals surface area contributed by atoms with Crippen LogP contribution in [-0.4, -0.2) is 53.0 Å². The predicted molar refractivity (Wildman–Crippen MR) is 92.4 cm³/mol. The molecule has 0 unspecified atom stereocenters. The van der Waals surface area contributed by atoms with Crippen molar-refractivity contribution in [1.82, 2.24) is 20.2 Å². The smallest absolute Gasteiger partial charge is 0.214 e. The number of tetrazole rings is 1. The summed E-state index contributed by atoms with van der Waals surface area (Å²) in [5, 5.41) is 12.5. The van der Waals surface area contributed by atoms with E-state index < -0.39 is 9.84 Å². The van der Waals surface area contributed by atoms with Gasteiger partial charge in [0, 0.05) is 12.0 Å². The van der Waals surface area contributed by atoms with Crippen molar-refractivity contribution in [3.63, 3.8) is 0 Å². The van der Waals surface area contributed by atoms with Gasteiger partial charge in [-0.15, -0.1) is 5.10 Å². The van der Waals surface area contributed by atoms with E-state index in [-0.39, 0.29) is 11.2 Å². The minimum atomic E-state index is -2.98. The van der Waals surface area contributed by atoms with Crippen LogP contribution in [0.3, 0.4) is 0 Å². The summed E-state index contributed by atoms with van der Waals surface area (Å²) in [5.74, 6) is 1.63. The van der Waals surface area contributed by atoms with Crippen LogP contribution in [0.2, 0.25) is 0 Å². The molecule has 0 radical (unpaired) electrons. The number of para-hydroxylation sites is 2. The number of ether oxygens (including phenoxy) is 1. The Morgan fingerprint density at radius 1 is 1.33 bits per heavy atom. The van der Waals surface area contributed by atoms with Gasteiger partial charge < -0.3 is 4.74 Å². The lowest BCUT2D eigenvalue weighted by Gasteiger charge is -2.14. The largest absolute Gasteiger partial charge is 0.492 e. The van der Waals surface area contributed by atoms with Crippen molar-refractivity contribution in [3.05, 3.63) is 24.3 Å². The number of hydrogen-bond donors (Lipinski definition) is 0. The highest BCUT2D eigenvalue weighted by Crippen LogP contribution is 2.50. The standard InChI is InChI=1S/C15H20N4O3S2/c1-3-22-13-7-5-4-6-12(13)19-14(16-17-18-19)23-10-15(8-9-15)11-24(2,20)21/h4-7H,3,8-11H2,1-2H3. The normalized spacial score (nSPS) is 16.1. The van der Waals surface area contributed by atoms with Crippen LogP contribution in [0.5, 0.6) is 5.75 Å². The molecule has 7 nitrogen and oxygen atoms in total. The number of aromatic nitrogens is 4. The SMILES string of the molecule is CCOc1ccccc1-n1nnnc1SCC1(CS(C)(=O)=O)CC1. The molecule has 1 aliphatic carbocycles. The molecule has 0 atom stereocenters. The van der Waals surface area contributed by atoms with Gasteiger partial charge in [0.05, 0.1) is 12.4 Å². The lowest BCUT2D eigenvalue weighted by Crippen LogP contribution is -2.18. The Bertz CT molecular complexity index is 816. The summed E-state index contributed by atoms with van der Waals surface area (Å²) in [5.41, 5.74) is 0.647. The van der Waals surface area contributed by atoms with Crippen LogP contribution in [0.4, 0.5) is 0 Å². The molecule has 24 heavy (non-hydrogen) atoms. The van der Waals surface area contributed by atoms with Gasteiger partial charge in [-0.3, -0.25) is 0 Å². The van der Waals surface area contributed by atoms with Crippen LogP contribution in [0.1, 0.15) is 19.8 Å². The van der Waals surface area contributed by atoms with Gasteiger partial charge in [-0.25, -0.2) is 8.42 Å². The summed E-state index contributed by atoms with van der Waals surface area (Å²) >= 11 is 1.49. The third-order valence-electron chi connectivity index (χ3n) is 3.87. The van der Waals surface area contributed by atoms with Crippen molar-refractivity contribution >= 4 is 21.6 Å². The number of nitrogens with zero attached hydrogens (tertiary/aromatic N) is 4. The summed E-state index contributed by atoms with van der Waals surface area (Å²) in [4.78, 5) is 0. The number of hydrogen-bond acceptors (Lipinski definition) is 7. The molecule has 1 aromatic heterocycles. The average Bonchev–Trinajstić information content (AvgIpc) is 3.10. The van der Waals surface area contributed by atoms with Gasteiger partial charge in [-0.05, 0) is 47.7 Å².